The number of likely N-dealkylation sites (N-methyl/N-ethyl adjacent to an activating group) is 1. The molecule has 0 aromatic heterocycles. The number of ether oxygens (including phenoxy) is 4. The van der Waals surface area contributed by atoms with Crippen molar-refractivity contribution in [2.75, 3.05) is 47.5 Å². The highest BCUT2D eigenvalue weighted by Gasteiger charge is 2.25. The first-order valence-corrected chi connectivity index (χ1v) is 40.5. The van der Waals surface area contributed by atoms with Crippen LogP contribution in [0.1, 0.15) is 399 Å². The van der Waals surface area contributed by atoms with Crippen LogP contribution in [0.3, 0.4) is 0 Å². The number of rotatable bonds is 76. The molecule has 2 unspecified atom stereocenters. The highest BCUT2D eigenvalue weighted by atomic mass is 16.7. The summed E-state index contributed by atoms with van der Waals surface area (Å²) in [6.45, 7) is 4.92. The Balaban J connectivity index is 3.95. The second-order valence-electron chi connectivity index (χ2n) is 28.7. The Bertz CT molecular complexity index is 1710. The molecule has 0 aliphatic heterocycles. The van der Waals surface area contributed by atoms with E-state index in [1.807, 2.05) is 21.1 Å². The highest BCUT2D eigenvalue weighted by Crippen LogP contribution is 2.19. The second-order valence-corrected chi connectivity index (χ2v) is 28.7. The van der Waals surface area contributed by atoms with Gasteiger partial charge in [0.1, 0.15) is 13.2 Å². The molecule has 0 aliphatic carbocycles. The van der Waals surface area contributed by atoms with Crippen molar-refractivity contribution in [2.45, 2.75) is 411 Å². The van der Waals surface area contributed by atoms with Gasteiger partial charge in [0.05, 0.1) is 34.4 Å². The van der Waals surface area contributed by atoms with Gasteiger partial charge in [0, 0.05) is 12.8 Å². The molecule has 0 aromatic rings. The van der Waals surface area contributed by atoms with E-state index >= 15 is 0 Å². The Labute approximate surface area is 577 Å². The molecule has 1 N–H and O–H groups in total. The van der Waals surface area contributed by atoms with E-state index in [1.165, 1.54) is 315 Å². The molecule has 9 heteroatoms. The van der Waals surface area contributed by atoms with Crippen LogP contribution in [-0.2, 0) is 33.3 Å². The first-order chi connectivity index (χ1) is 45.6. The zero-order chi connectivity index (χ0) is 67.5. The second kappa shape index (κ2) is 74.8. The summed E-state index contributed by atoms with van der Waals surface area (Å²) in [5, 5.41) is 9.77. The van der Waals surface area contributed by atoms with E-state index in [1.54, 1.807) is 0 Å². The van der Waals surface area contributed by atoms with Gasteiger partial charge in [-0.05, 0) is 83.5 Å². The number of nitrogens with zero attached hydrogens (tertiary/aromatic N) is 1. The van der Waals surface area contributed by atoms with Gasteiger partial charge in [-0.25, -0.2) is 4.79 Å². The molecule has 0 aliphatic rings. The third kappa shape index (κ3) is 76.2. The minimum Gasteiger partial charge on any atom is -0.477 e. The molecule has 0 rings (SSSR count). The number of carbonyl (C=O) groups excluding carboxylic acids is 2. The Morgan fingerprint density at radius 3 is 0.860 bits per heavy atom. The van der Waals surface area contributed by atoms with Gasteiger partial charge in [-0.2, -0.15) is 0 Å². The maximum absolute atomic E-state index is 13.0. The zero-order valence-electron chi connectivity index (χ0n) is 62.4. The number of aliphatic carboxylic acids is 1. The molecular weight excluding hydrogens is 1150 g/mol. The predicted octanol–water partition coefficient (Wildman–Crippen LogP) is 25.8. The molecule has 93 heavy (non-hydrogen) atoms. The summed E-state index contributed by atoms with van der Waals surface area (Å²) in [4.78, 5) is 37.7. The van der Waals surface area contributed by atoms with Crippen LogP contribution in [0.2, 0.25) is 0 Å². The molecule has 0 radical (unpaired) electrons. The zero-order valence-corrected chi connectivity index (χ0v) is 62.4. The normalized spacial score (nSPS) is 12.9. The lowest BCUT2D eigenvalue weighted by Crippen LogP contribution is -2.40. The average molecular weight is 1310 g/mol. The van der Waals surface area contributed by atoms with Crippen LogP contribution in [-0.4, -0.2) is 87.4 Å². The Morgan fingerprint density at radius 1 is 0.323 bits per heavy atom. The van der Waals surface area contributed by atoms with Gasteiger partial charge in [0.25, 0.3) is 6.29 Å². The molecule has 544 valence electrons. The predicted molar refractivity (Wildman–Crippen MR) is 401 cm³/mol. The van der Waals surface area contributed by atoms with E-state index < -0.39 is 18.4 Å². The molecule has 0 bridgehead atoms. The van der Waals surface area contributed by atoms with Crippen molar-refractivity contribution >= 4 is 17.9 Å². The lowest BCUT2D eigenvalue weighted by atomic mass is 10.0. The Hall–Kier alpha value is -3.01. The summed E-state index contributed by atoms with van der Waals surface area (Å²) in [5.41, 5.74) is 0. The monoisotopic (exact) mass is 1310 g/mol. The van der Waals surface area contributed by atoms with Crippen LogP contribution in [0.15, 0.2) is 60.8 Å². The molecule has 0 aromatic carbocycles. The van der Waals surface area contributed by atoms with Crippen LogP contribution in [0.5, 0.6) is 0 Å². The van der Waals surface area contributed by atoms with Crippen LogP contribution < -0.4 is 0 Å². The number of carbonyl (C=O) groups is 3. The first kappa shape index (κ1) is 90.0. The van der Waals surface area contributed by atoms with Gasteiger partial charge >= 0.3 is 17.9 Å². The van der Waals surface area contributed by atoms with Crippen molar-refractivity contribution in [3.8, 4) is 0 Å². The molecule has 0 saturated heterocycles. The van der Waals surface area contributed by atoms with Crippen LogP contribution in [0.25, 0.3) is 0 Å². The summed E-state index contributed by atoms with van der Waals surface area (Å²) >= 11 is 0. The van der Waals surface area contributed by atoms with Gasteiger partial charge in [-0.15, -0.1) is 0 Å². The fourth-order valence-corrected chi connectivity index (χ4v) is 12.1. The van der Waals surface area contributed by atoms with Gasteiger partial charge in [0.15, 0.2) is 6.10 Å². The summed E-state index contributed by atoms with van der Waals surface area (Å²) in [6.07, 6.45) is 96.7. The van der Waals surface area contributed by atoms with Crippen molar-refractivity contribution in [1.29, 1.82) is 0 Å². The number of hydrogen-bond donors (Lipinski definition) is 1. The van der Waals surface area contributed by atoms with Crippen molar-refractivity contribution < 1.29 is 42.9 Å². The standard InChI is InChI=1S/C84H155NO8/c1-6-8-10-12-14-16-18-20-22-24-26-28-30-32-34-35-36-37-38-39-40-41-42-43-44-45-46-47-49-51-53-55-57-59-61-63-65-67-69-71-73-75-82(87)93-80(79-92-84(83(88)89)90-77-76-85(3,4)5)78-91-81(86)74-72-70-68-66-64-62-60-58-56-54-52-50-48-33-31-29-27-25-23-21-19-17-15-13-11-9-7-2/h18-21,24-27,30,32,80,84H,6-17,22-23,28-29,31,33-79H2,1-5H3/p+1/b20-18-,21-19-,26-24-,27-25-,32-30-. The summed E-state index contributed by atoms with van der Waals surface area (Å²) in [7, 11) is 6.00. The third-order valence-electron chi connectivity index (χ3n) is 18.2. The largest absolute Gasteiger partial charge is 0.477 e. The molecule has 0 spiro atoms. The molecule has 0 saturated carbocycles. The smallest absolute Gasteiger partial charge is 0.361 e. The van der Waals surface area contributed by atoms with E-state index in [2.05, 4.69) is 74.6 Å². The maximum atomic E-state index is 13.0. The quantitative estimate of drug-likeness (QED) is 0.0211. The first-order valence-electron chi connectivity index (χ1n) is 40.5. The van der Waals surface area contributed by atoms with Gasteiger partial charge in [0.2, 0.25) is 0 Å². The molecule has 0 fully saturated rings. The lowest BCUT2D eigenvalue weighted by molar-refractivity contribution is -0.870. The SMILES string of the molecule is CCCCCCC/C=C\C/C=C\C/C=C\CCCCCCCCCCCCCCCCCCCCCCCCCCCCC(=O)OC(COC(=O)CCCCCCCCCCCCCCCCC/C=C\C/C=C\CCCCCCC)COC(OCC[N+](C)(C)C)C(=O)O. The number of allylic oxidation sites excluding steroid dienone is 10. The fraction of sp³-hybridized carbons (Fsp3) is 0.845. The van der Waals surface area contributed by atoms with Gasteiger partial charge in [-0.3, -0.25) is 9.59 Å². The number of quaternary nitrogens is 1. The fourth-order valence-electron chi connectivity index (χ4n) is 12.1. The highest BCUT2D eigenvalue weighted by molar-refractivity contribution is 5.71. The van der Waals surface area contributed by atoms with Crippen LogP contribution in [0, 0.1) is 0 Å². The van der Waals surface area contributed by atoms with Gasteiger partial charge < -0.3 is 28.5 Å². The minimum absolute atomic E-state index is 0.178. The molecule has 0 amide bonds. The third-order valence-corrected chi connectivity index (χ3v) is 18.2. The molecule has 2 atom stereocenters. The van der Waals surface area contributed by atoms with Crippen LogP contribution in [0.4, 0.5) is 0 Å². The summed E-state index contributed by atoms with van der Waals surface area (Å²) < 4.78 is 23.1. The van der Waals surface area contributed by atoms with E-state index in [0.717, 1.165) is 57.8 Å². The van der Waals surface area contributed by atoms with E-state index in [9.17, 15) is 19.5 Å². The number of carboxylic acid groups (broad SMARTS) is 1. The van der Waals surface area contributed by atoms with E-state index in [-0.39, 0.29) is 38.2 Å². The maximum Gasteiger partial charge on any atom is 0.361 e. The Kier molecular flexibility index (Phi) is 72.4. The van der Waals surface area contributed by atoms with Gasteiger partial charge in [-0.1, -0.05) is 364 Å². The number of hydrogen-bond acceptors (Lipinski definition) is 7. The Morgan fingerprint density at radius 2 is 0.581 bits per heavy atom. The van der Waals surface area contributed by atoms with Crippen LogP contribution >= 0.6 is 0 Å². The van der Waals surface area contributed by atoms with Crippen molar-refractivity contribution in [3.05, 3.63) is 60.8 Å². The molecule has 0 heterocycles. The number of esters is 2. The number of unbranched alkanes of at least 4 members (excludes halogenated alkanes) is 51. The average Bonchev–Trinajstić information content (AvgIpc) is 3.38. The summed E-state index contributed by atoms with van der Waals surface area (Å²) in [6, 6.07) is 0. The van der Waals surface area contributed by atoms with E-state index in [0.29, 0.717) is 17.4 Å². The lowest BCUT2D eigenvalue weighted by Gasteiger charge is -2.25. The van der Waals surface area contributed by atoms with Crippen molar-refractivity contribution in [2.24, 2.45) is 0 Å². The van der Waals surface area contributed by atoms with E-state index in [4.69, 9.17) is 18.9 Å². The minimum atomic E-state index is -1.51. The number of carboxylic acids is 1. The van der Waals surface area contributed by atoms with Crippen molar-refractivity contribution in [3.63, 3.8) is 0 Å². The summed E-state index contributed by atoms with van der Waals surface area (Å²) in [5.74, 6) is -1.98. The topological polar surface area (TPSA) is 108 Å². The molecule has 9 nitrogen and oxygen atoms in total. The molecular formula is C84H156NO8+. The van der Waals surface area contributed by atoms with Crippen molar-refractivity contribution in [1.82, 2.24) is 0 Å².